The van der Waals surface area contributed by atoms with E-state index in [2.05, 4.69) is 49.0 Å². The van der Waals surface area contributed by atoms with E-state index in [4.69, 9.17) is 4.98 Å². The van der Waals surface area contributed by atoms with Crippen LogP contribution in [0.5, 0.6) is 0 Å². The molecule has 0 aliphatic heterocycles. The summed E-state index contributed by atoms with van der Waals surface area (Å²) in [5.74, 6) is 1.94. The first-order chi connectivity index (χ1) is 9.03. The Hall–Kier alpha value is -1.35. The summed E-state index contributed by atoms with van der Waals surface area (Å²) < 4.78 is 2.29. The van der Waals surface area contributed by atoms with Crippen molar-refractivity contribution in [2.45, 2.75) is 44.6 Å². The van der Waals surface area contributed by atoms with Gasteiger partial charge >= 0.3 is 0 Å². The summed E-state index contributed by atoms with van der Waals surface area (Å²) in [6.07, 6.45) is 3.95. The van der Waals surface area contributed by atoms with Crippen LogP contribution < -0.4 is 5.32 Å². The van der Waals surface area contributed by atoms with Gasteiger partial charge in [0.25, 0.3) is 0 Å². The van der Waals surface area contributed by atoms with Gasteiger partial charge in [0.2, 0.25) is 0 Å². The van der Waals surface area contributed by atoms with E-state index in [0.29, 0.717) is 5.92 Å². The number of nitrogens with one attached hydrogen (secondary N) is 1. The topological polar surface area (TPSA) is 29.9 Å². The molecule has 1 aliphatic rings. The molecule has 0 radical (unpaired) electrons. The van der Waals surface area contributed by atoms with Crippen molar-refractivity contribution < 1.29 is 0 Å². The highest BCUT2D eigenvalue weighted by Gasteiger charge is 2.25. The minimum absolute atomic E-state index is 0.00487. The highest BCUT2D eigenvalue weighted by Crippen LogP contribution is 2.37. The predicted octanol–water partition coefficient (Wildman–Crippen LogP) is 3.30. The third-order valence-corrected chi connectivity index (χ3v) is 4.73. The molecule has 3 nitrogen and oxygen atoms in total. The standard InChI is InChI=1S/C16H23N3/c1-16(2,17-3)12-8-9-13-14(10-12)19(4)15(18-13)11-6-5-7-11/h8-11,17H,5-7H2,1-4H3. The number of hydrogen-bond acceptors (Lipinski definition) is 2. The van der Waals surface area contributed by atoms with E-state index in [1.165, 1.54) is 36.2 Å². The van der Waals surface area contributed by atoms with E-state index in [-0.39, 0.29) is 5.54 Å². The van der Waals surface area contributed by atoms with Gasteiger partial charge in [-0.05, 0) is 51.4 Å². The van der Waals surface area contributed by atoms with Gasteiger partial charge in [-0.15, -0.1) is 0 Å². The van der Waals surface area contributed by atoms with Crippen molar-refractivity contribution in [2.24, 2.45) is 7.05 Å². The molecule has 1 heterocycles. The smallest absolute Gasteiger partial charge is 0.112 e. The molecule has 2 aromatic rings. The molecule has 1 aromatic carbocycles. The van der Waals surface area contributed by atoms with Crippen molar-refractivity contribution in [1.29, 1.82) is 0 Å². The van der Waals surface area contributed by atoms with Gasteiger partial charge in [0.1, 0.15) is 5.82 Å². The summed E-state index contributed by atoms with van der Waals surface area (Å²) in [7, 11) is 4.16. The normalized spacial score (nSPS) is 16.8. The molecule has 1 aliphatic carbocycles. The van der Waals surface area contributed by atoms with Crippen molar-refractivity contribution in [2.75, 3.05) is 7.05 Å². The number of aryl methyl sites for hydroxylation is 1. The first kappa shape index (κ1) is 12.7. The summed E-state index contributed by atoms with van der Waals surface area (Å²) >= 11 is 0. The summed E-state index contributed by atoms with van der Waals surface area (Å²) in [4.78, 5) is 4.83. The van der Waals surface area contributed by atoms with Crippen molar-refractivity contribution in [3.63, 3.8) is 0 Å². The van der Waals surface area contributed by atoms with Crippen molar-refractivity contribution in [3.05, 3.63) is 29.6 Å². The van der Waals surface area contributed by atoms with Crippen LogP contribution in [0.25, 0.3) is 11.0 Å². The largest absolute Gasteiger partial charge is 0.331 e. The van der Waals surface area contributed by atoms with Gasteiger partial charge in [0.05, 0.1) is 11.0 Å². The molecular weight excluding hydrogens is 234 g/mol. The van der Waals surface area contributed by atoms with Gasteiger partial charge in [-0.2, -0.15) is 0 Å². The van der Waals surface area contributed by atoms with Crippen LogP contribution in [0.15, 0.2) is 18.2 Å². The molecule has 0 unspecified atom stereocenters. The fourth-order valence-electron chi connectivity index (χ4n) is 2.77. The maximum absolute atomic E-state index is 4.83. The van der Waals surface area contributed by atoms with Crippen LogP contribution in [0.3, 0.4) is 0 Å². The zero-order valence-corrected chi connectivity index (χ0v) is 12.3. The second kappa shape index (κ2) is 4.34. The molecule has 0 bridgehead atoms. The Morgan fingerprint density at radius 3 is 2.63 bits per heavy atom. The fourth-order valence-corrected chi connectivity index (χ4v) is 2.77. The molecule has 19 heavy (non-hydrogen) atoms. The molecule has 0 amide bonds. The van der Waals surface area contributed by atoms with Gasteiger partial charge in [0.15, 0.2) is 0 Å². The van der Waals surface area contributed by atoms with Crippen LogP contribution >= 0.6 is 0 Å². The third kappa shape index (κ3) is 1.96. The Kier molecular flexibility index (Phi) is 2.90. The zero-order valence-electron chi connectivity index (χ0n) is 12.3. The number of fused-ring (bicyclic) bond motifs is 1. The first-order valence-corrected chi connectivity index (χ1v) is 7.18. The lowest BCUT2D eigenvalue weighted by Crippen LogP contribution is -2.33. The second-order valence-corrected chi connectivity index (χ2v) is 6.24. The van der Waals surface area contributed by atoms with Crippen molar-refractivity contribution >= 4 is 11.0 Å². The lowest BCUT2D eigenvalue weighted by atomic mass is 9.85. The predicted molar refractivity (Wildman–Crippen MR) is 79.4 cm³/mol. The molecular formula is C16H23N3. The Balaban J connectivity index is 2.10. The minimum Gasteiger partial charge on any atom is -0.331 e. The summed E-state index contributed by atoms with van der Waals surface area (Å²) in [5, 5.41) is 3.36. The Morgan fingerprint density at radius 1 is 1.32 bits per heavy atom. The molecule has 3 rings (SSSR count). The number of hydrogen-bond donors (Lipinski definition) is 1. The summed E-state index contributed by atoms with van der Waals surface area (Å²) in [5.41, 5.74) is 3.68. The van der Waals surface area contributed by atoms with Crippen LogP contribution in [0, 0.1) is 0 Å². The van der Waals surface area contributed by atoms with Crippen LogP contribution in [-0.2, 0) is 12.6 Å². The Morgan fingerprint density at radius 2 is 2.05 bits per heavy atom. The van der Waals surface area contributed by atoms with Crippen LogP contribution in [0.4, 0.5) is 0 Å². The second-order valence-electron chi connectivity index (χ2n) is 6.24. The molecule has 1 saturated carbocycles. The lowest BCUT2D eigenvalue weighted by molar-refractivity contribution is 0.394. The molecule has 3 heteroatoms. The molecule has 0 spiro atoms. The maximum Gasteiger partial charge on any atom is 0.112 e. The molecule has 102 valence electrons. The number of benzene rings is 1. The monoisotopic (exact) mass is 257 g/mol. The maximum atomic E-state index is 4.83. The van der Waals surface area contributed by atoms with Gasteiger partial charge < -0.3 is 9.88 Å². The van der Waals surface area contributed by atoms with Crippen LogP contribution in [0.1, 0.15) is 50.4 Å². The Bertz CT molecular complexity index is 606. The van der Waals surface area contributed by atoms with E-state index < -0.39 is 0 Å². The van der Waals surface area contributed by atoms with Gasteiger partial charge in [-0.1, -0.05) is 12.5 Å². The average molecular weight is 257 g/mol. The minimum atomic E-state index is -0.00487. The van der Waals surface area contributed by atoms with E-state index in [1.54, 1.807) is 0 Å². The van der Waals surface area contributed by atoms with Gasteiger partial charge in [0, 0.05) is 18.5 Å². The highest BCUT2D eigenvalue weighted by molar-refractivity contribution is 5.77. The quantitative estimate of drug-likeness (QED) is 0.914. The number of imidazole rings is 1. The summed E-state index contributed by atoms with van der Waals surface area (Å²) in [6, 6.07) is 6.63. The number of nitrogens with zero attached hydrogens (tertiary/aromatic N) is 2. The molecule has 0 saturated heterocycles. The van der Waals surface area contributed by atoms with E-state index >= 15 is 0 Å². The third-order valence-electron chi connectivity index (χ3n) is 4.73. The van der Waals surface area contributed by atoms with Crippen LogP contribution in [0.2, 0.25) is 0 Å². The van der Waals surface area contributed by atoms with E-state index in [9.17, 15) is 0 Å². The van der Waals surface area contributed by atoms with Crippen molar-refractivity contribution in [3.8, 4) is 0 Å². The van der Waals surface area contributed by atoms with Crippen molar-refractivity contribution in [1.82, 2.24) is 14.9 Å². The number of aromatic nitrogens is 2. The lowest BCUT2D eigenvalue weighted by Gasteiger charge is -2.25. The highest BCUT2D eigenvalue weighted by atomic mass is 15.1. The number of rotatable bonds is 3. The van der Waals surface area contributed by atoms with E-state index in [0.717, 1.165) is 5.52 Å². The van der Waals surface area contributed by atoms with Gasteiger partial charge in [-0.25, -0.2) is 4.98 Å². The first-order valence-electron chi connectivity index (χ1n) is 7.18. The molecule has 1 aromatic heterocycles. The van der Waals surface area contributed by atoms with E-state index in [1.807, 2.05) is 7.05 Å². The fraction of sp³-hybridized carbons (Fsp3) is 0.562. The molecule has 1 N–H and O–H groups in total. The Labute approximate surface area is 115 Å². The van der Waals surface area contributed by atoms with Crippen LogP contribution in [-0.4, -0.2) is 16.6 Å². The SMILES string of the molecule is CNC(C)(C)c1ccc2nc(C3CCC3)n(C)c2c1. The molecule has 0 atom stereocenters. The zero-order chi connectivity index (χ0) is 13.6. The molecule has 1 fully saturated rings. The summed E-state index contributed by atoms with van der Waals surface area (Å²) in [6.45, 7) is 4.41. The van der Waals surface area contributed by atoms with Gasteiger partial charge in [-0.3, -0.25) is 0 Å². The average Bonchev–Trinajstić information content (AvgIpc) is 2.65.